The highest BCUT2D eigenvalue weighted by molar-refractivity contribution is 5.84. The van der Waals surface area contributed by atoms with Gasteiger partial charge in [-0.2, -0.15) is 0 Å². The van der Waals surface area contributed by atoms with Crippen LogP contribution in [0.3, 0.4) is 0 Å². The molecule has 19 heavy (non-hydrogen) atoms. The summed E-state index contributed by atoms with van der Waals surface area (Å²) in [5.41, 5.74) is 8.26. The number of aromatic nitrogens is 2. The Labute approximate surface area is 110 Å². The van der Waals surface area contributed by atoms with Crippen molar-refractivity contribution in [1.82, 2.24) is 9.97 Å². The number of nitrogen functional groups attached to an aromatic ring is 1. The molecular formula is C15H13N3O. The number of para-hydroxylation sites is 1. The van der Waals surface area contributed by atoms with E-state index in [-0.39, 0.29) is 0 Å². The van der Waals surface area contributed by atoms with Gasteiger partial charge in [0.25, 0.3) is 0 Å². The molecule has 4 nitrogen and oxygen atoms in total. The smallest absolute Gasteiger partial charge is 0.221 e. The van der Waals surface area contributed by atoms with Gasteiger partial charge in [-0.1, -0.05) is 18.2 Å². The van der Waals surface area contributed by atoms with Crippen LogP contribution in [0.2, 0.25) is 0 Å². The lowest BCUT2D eigenvalue weighted by molar-refractivity contribution is 0.467. The number of ether oxygens (including phenoxy) is 1. The molecule has 3 aromatic rings. The Morgan fingerprint density at radius 2 is 1.95 bits per heavy atom. The lowest BCUT2D eigenvalue weighted by atomic mass is 10.2. The van der Waals surface area contributed by atoms with Crippen LogP contribution in [0.4, 0.5) is 5.69 Å². The van der Waals surface area contributed by atoms with Crippen LogP contribution in [-0.2, 0) is 0 Å². The zero-order valence-corrected chi connectivity index (χ0v) is 10.5. The SMILES string of the molecule is Cc1cnc(Oc2cccc3cccnc23)cc1N. The Morgan fingerprint density at radius 3 is 2.79 bits per heavy atom. The van der Waals surface area contributed by atoms with Crippen molar-refractivity contribution in [2.45, 2.75) is 6.92 Å². The lowest BCUT2D eigenvalue weighted by Crippen LogP contribution is -1.94. The summed E-state index contributed by atoms with van der Waals surface area (Å²) in [5, 5.41) is 1.03. The van der Waals surface area contributed by atoms with Gasteiger partial charge in [-0.15, -0.1) is 0 Å². The van der Waals surface area contributed by atoms with Crippen molar-refractivity contribution in [3.05, 3.63) is 54.4 Å². The largest absolute Gasteiger partial charge is 0.437 e. The maximum atomic E-state index is 5.85. The summed E-state index contributed by atoms with van der Waals surface area (Å²) >= 11 is 0. The van der Waals surface area contributed by atoms with E-state index in [9.17, 15) is 0 Å². The second-order valence-corrected chi connectivity index (χ2v) is 4.31. The molecule has 94 valence electrons. The van der Waals surface area contributed by atoms with E-state index < -0.39 is 0 Å². The van der Waals surface area contributed by atoms with Gasteiger partial charge < -0.3 is 10.5 Å². The van der Waals surface area contributed by atoms with E-state index >= 15 is 0 Å². The normalized spacial score (nSPS) is 10.6. The summed E-state index contributed by atoms with van der Waals surface area (Å²) in [4.78, 5) is 8.54. The van der Waals surface area contributed by atoms with Gasteiger partial charge in [0.1, 0.15) is 5.52 Å². The Hall–Kier alpha value is -2.62. The molecular weight excluding hydrogens is 238 g/mol. The van der Waals surface area contributed by atoms with Gasteiger partial charge in [-0.3, -0.25) is 4.98 Å². The number of anilines is 1. The van der Waals surface area contributed by atoms with Crippen molar-refractivity contribution in [2.24, 2.45) is 0 Å². The van der Waals surface area contributed by atoms with Crippen molar-refractivity contribution < 1.29 is 4.74 Å². The number of nitrogens with zero attached hydrogens (tertiary/aromatic N) is 2. The first-order valence-corrected chi connectivity index (χ1v) is 5.98. The number of aryl methyl sites for hydroxylation is 1. The van der Waals surface area contributed by atoms with Crippen LogP contribution in [0.1, 0.15) is 5.56 Å². The molecule has 0 fully saturated rings. The molecule has 2 heterocycles. The number of rotatable bonds is 2. The molecule has 0 aliphatic rings. The van der Waals surface area contributed by atoms with Gasteiger partial charge in [-0.05, 0) is 24.6 Å². The fraction of sp³-hybridized carbons (Fsp3) is 0.0667. The third-order valence-electron chi connectivity index (χ3n) is 2.93. The molecule has 1 aromatic carbocycles. The molecule has 0 saturated carbocycles. The van der Waals surface area contributed by atoms with Gasteiger partial charge in [0, 0.05) is 29.5 Å². The fourth-order valence-corrected chi connectivity index (χ4v) is 1.85. The van der Waals surface area contributed by atoms with Gasteiger partial charge in [-0.25, -0.2) is 4.98 Å². The van der Waals surface area contributed by atoms with Crippen LogP contribution < -0.4 is 10.5 Å². The van der Waals surface area contributed by atoms with Crippen LogP contribution in [0.5, 0.6) is 11.6 Å². The zero-order chi connectivity index (χ0) is 13.2. The lowest BCUT2D eigenvalue weighted by Gasteiger charge is -2.08. The third kappa shape index (κ3) is 2.20. The van der Waals surface area contributed by atoms with Crippen molar-refractivity contribution >= 4 is 16.6 Å². The molecule has 3 rings (SSSR count). The highest BCUT2D eigenvalue weighted by Crippen LogP contribution is 2.28. The number of hydrogen-bond donors (Lipinski definition) is 1. The topological polar surface area (TPSA) is 61.0 Å². The number of benzene rings is 1. The quantitative estimate of drug-likeness (QED) is 0.759. The van der Waals surface area contributed by atoms with Gasteiger partial charge in [0.2, 0.25) is 5.88 Å². The maximum Gasteiger partial charge on any atom is 0.221 e. The van der Waals surface area contributed by atoms with Crippen LogP contribution in [-0.4, -0.2) is 9.97 Å². The first-order chi connectivity index (χ1) is 9.24. The molecule has 0 saturated heterocycles. The number of hydrogen-bond acceptors (Lipinski definition) is 4. The van der Waals surface area contributed by atoms with Gasteiger partial charge in [0.15, 0.2) is 5.75 Å². The first-order valence-electron chi connectivity index (χ1n) is 5.98. The molecule has 0 unspecified atom stereocenters. The third-order valence-corrected chi connectivity index (χ3v) is 2.93. The maximum absolute atomic E-state index is 5.85. The Bertz CT molecular complexity index is 735. The van der Waals surface area contributed by atoms with E-state index in [0.717, 1.165) is 16.5 Å². The molecule has 0 spiro atoms. The Kier molecular flexibility index (Phi) is 2.76. The Balaban J connectivity index is 2.03. The van der Waals surface area contributed by atoms with Crippen LogP contribution in [0, 0.1) is 6.92 Å². The molecule has 2 aromatic heterocycles. The van der Waals surface area contributed by atoms with Crippen LogP contribution >= 0.6 is 0 Å². The van der Waals surface area contributed by atoms with E-state index in [1.54, 1.807) is 18.5 Å². The van der Waals surface area contributed by atoms with E-state index in [4.69, 9.17) is 10.5 Å². The second kappa shape index (κ2) is 4.57. The highest BCUT2D eigenvalue weighted by atomic mass is 16.5. The second-order valence-electron chi connectivity index (χ2n) is 4.31. The molecule has 0 bridgehead atoms. The van der Waals surface area contributed by atoms with Gasteiger partial charge >= 0.3 is 0 Å². The average molecular weight is 251 g/mol. The first kappa shape index (κ1) is 11.5. The van der Waals surface area contributed by atoms with E-state index in [1.165, 1.54) is 0 Å². The minimum atomic E-state index is 0.473. The molecule has 4 heteroatoms. The Morgan fingerprint density at radius 1 is 1.11 bits per heavy atom. The molecule has 0 radical (unpaired) electrons. The number of nitrogens with two attached hydrogens (primary N) is 1. The number of fused-ring (bicyclic) bond motifs is 1. The average Bonchev–Trinajstić information content (AvgIpc) is 2.43. The predicted octanol–water partition coefficient (Wildman–Crippen LogP) is 3.31. The number of pyridine rings is 2. The van der Waals surface area contributed by atoms with E-state index in [2.05, 4.69) is 9.97 Å². The van der Waals surface area contributed by atoms with Crippen molar-refractivity contribution in [2.75, 3.05) is 5.73 Å². The molecule has 0 aliphatic carbocycles. The van der Waals surface area contributed by atoms with Crippen LogP contribution in [0.15, 0.2) is 48.8 Å². The van der Waals surface area contributed by atoms with Crippen LogP contribution in [0.25, 0.3) is 10.9 Å². The summed E-state index contributed by atoms with van der Waals surface area (Å²) in [6.07, 6.45) is 3.44. The summed E-state index contributed by atoms with van der Waals surface area (Å²) < 4.78 is 5.77. The van der Waals surface area contributed by atoms with E-state index in [1.807, 2.05) is 37.3 Å². The standard InChI is InChI=1S/C15H13N3O/c1-10-9-18-14(8-12(10)16)19-13-6-2-4-11-5-3-7-17-15(11)13/h2-9H,1H3,(H2,16,18). The van der Waals surface area contributed by atoms with E-state index in [0.29, 0.717) is 17.3 Å². The fourth-order valence-electron chi connectivity index (χ4n) is 1.85. The summed E-state index contributed by atoms with van der Waals surface area (Å²) in [6, 6.07) is 11.4. The molecule has 0 amide bonds. The summed E-state index contributed by atoms with van der Waals surface area (Å²) in [7, 11) is 0. The minimum Gasteiger partial charge on any atom is -0.437 e. The summed E-state index contributed by atoms with van der Waals surface area (Å²) in [5.74, 6) is 1.15. The monoisotopic (exact) mass is 251 g/mol. The van der Waals surface area contributed by atoms with Gasteiger partial charge in [0.05, 0.1) is 0 Å². The molecule has 0 aliphatic heterocycles. The highest BCUT2D eigenvalue weighted by Gasteiger charge is 2.06. The molecule has 2 N–H and O–H groups in total. The van der Waals surface area contributed by atoms with Crippen molar-refractivity contribution in [3.8, 4) is 11.6 Å². The summed E-state index contributed by atoms with van der Waals surface area (Å²) in [6.45, 7) is 1.91. The predicted molar refractivity (Wildman–Crippen MR) is 75.2 cm³/mol. The minimum absolute atomic E-state index is 0.473. The van der Waals surface area contributed by atoms with Crippen molar-refractivity contribution in [3.63, 3.8) is 0 Å². The van der Waals surface area contributed by atoms with Crippen molar-refractivity contribution in [1.29, 1.82) is 0 Å². The zero-order valence-electron chi connectivity index (χ0n) is 10.5. The molecule has 0 atom stereocenters.